The third kappa shape index (κ3) is 2.39. The van der Waals surface area contributed by atoms with Crippen LogP contribution in [0.15, 0.2) is 24.3 Å². The molecule has 0 aliphatic heterocycles. The Labute approximate surface area is 92.1 Å². The molecule has 1 aromatic rings. The number of likely N-dealkylation sites (N-methyl/N-ethyl adjacent to an activating group) is 1. The molecule has 0 heterocycles. The number of benzene rings is 1. The van der Waals surface area contributed by atoms with Crippen molar-refractivity contribution in [2.75, 3.05) is 20.1 Å². The lowest BCUT2D eigenvalue weighted by atomic mass is 9.88. The molecular formula is C13H20N2. The molecule has 82 valence electrons. The van der Waals surface area contributed by atoms with Gasteiger partial charge in [0.2, 0.25) is 0 Å². The summed E-state index contributed by atoms with van der Waals surface area (Å²) in [6.07, 6.45) is 3.68. The van der Waals surface area contributed by atoms with Gasteiger partial charge in [0, 0.05) is 19.1 Å². The van der Waals surface area contributed by atoms with E-state index >= 15 is 0 Å². The minimum atomic E-state index is 0.684. The van der Waals surface area contributed by atoms with Gasteiger partial charge in [0.05, 0.1) is 0 Å². The highest BCUT2D eigenvalue weighted by atomic mass is 15.1. The maximum Gasteiger partial charge on any atom is 0.0136 e. The van der Waals surface area contributed by atoms with Crippen LogP contribution in [-0.4, -0.2) is 31.1 Å². The van der Waals surface area contributed by atoms with Crippen molar-refractivity contribution in [1.82, 2.24) is 4.90 Å². The molecule has 0 aromatic heterocycles. The van der Waals surface area contributed by atoms with Gasteiger partial charge in [-0.25, -0.2) is 0 Å². The summed E-state index contributed by atoms with van der Waals surface area (Å²) in [6.45, 7) is 1.77. The third-order valence-electron chi connectivity index (χ3n) is 3.43. The monoisotopic (exact) mass is 204 g/mol. The van der Waals surface area contributed by atoms with Gasteiger partial charge in [-0.3, -0.25) is 0 Å². The second-order valence-electron chi connectivity index (χ2n) is 4.43. The molecule has 1 atom stereocenters. The Hall–Kier alpha value is -0.860. The standard InChI is InChI=1S/C13H20N2/c1-15(9-8-14)13-7-6-11-4-2-3-5-12(11)10-13/h2-5,13H,6-10,14H2,1H3. The normalized spacial score (nSPS) is 20.3. The molecule has 1 aliphatic rings. The highest BCUT2D eigenvalue weighted by Crippen LogP contribution is 2.23. The maximum absolute atomic E-state index is 5.59. The predicted molar refractivity (Wildman–Crippen MR) is 63.9 cm³/mol. The summed E-state index contributed by atoms with van der Waals surface area (Å²) in [5.41, 5.74) is 8.65. The van der Waals surface area contributed by atoms with Gasteiger partial charge in [-0.1, -0.05) is 24.3 Å². The first-order chi connectivity index (χ1) is 7.31. The van der Waals surface area contributed by atoms with Crippen molar-refractivity contribution in [3.63, 3.8) is 0 Å². The molecule has 0 amide bonds. The van der Waals surface area contributed by atoms with Gasteiger partial charge >= 0.3 is 0 Å². The molecule has 0 fully saturated rings. The molecule has 0 spiro atoms. The van der Waals surface area contributed by atoms with E-state index in [9.17, 15) is 0 Å². The van der Waals surface area contributed by atoms with Gasteiger partial charge in [-0.2, -0.15) is 0 Å². The largest absolute Gasteiger partial charge is 0.329 e. The van der Waals surface area contributed by atoms with Crippen LogP contribution in [0.2, 0.25) is 0 Å². The van der Waals surface area contributed by atoms with Crippen molar-refractivity contribution in [2.24, 2.45) is 5.73 Å². The number of hydrogen-bond donors (Lipinski definition) is 1. The fourth-order valence-corrected chi connectivity index (χ4v) is 2.44. The lowest BCUT2D eigenvalue weighted by molar-refractivity contribution is 0.227. The zero-order chi connectivity index (χ0) is 10.7. The topological polar surface area (TPSA) is 29.3 Å². The summed E-state index contributed by atoms with van der Waals surface area (Å²) in [7, 11) is 2.19. The van der Waals surface area contributed by atoms with E-state index in [1.165, 1.54) is 30.4 Å². The van der Waals surface area contributed by atoms with E-state index in [1.807, 2.05) is 0 Å². The quantitative estimate of drug-likeness (QED) is 0.807. The SMILES string of the molecule is CN(CCN)C1CCc2ccccc2C1. The first-order valence-corrected chi connectivity index (χ1v) is 5.78. The first kappa shape index (κ1) is 10.7. The van der Waals surface area contributed by atoms with E-state index in [4.69, 9.17) is 5.73 Å². The van der Waals surface area contributed by atoms with E-state index in [2.05, 4.69) is 36.2 Å². The lowest BCUT2D eigenvalue weighted by Crippen LogP contribution is -2.39. The average Bonchev–Trinajstić information content (AvgIpc) is 2.29. The van der Waals surface area contributed by atoms with Crippen LogP contribution in [0.1, 0.15) is 17.5 Å². The van der Waals surface area contributed by atoms with Crippen molar-refractivity contribution < 1.29 is 0 Å². The van der Waals surface area contributed by atoms with Crippen LogP contribution >= 0.6 is 0 Å². The Kier molecular flexibility index (Phi) is 3.39. The number of rotatable bonds is 3. The van der Waals surface area contributed by atoms with E-state index in [-0.39, 0.29) is 0 Å². The van der Waals surface area contributed by atoms with E-state index in [0.29, 0.717) is 6.04 Å². The Morgan fingerprint density at radius 3 is 2.80 bits per heavy atom. The highest BCUT2D eigenvalue weighted by Gasteiger charge is 2.20. The van der Waals surface area contributed by atoms with Gasteiger partial charge in [0.1, 0.15) is 0 Å². The Morgan fingerprint density at radius 1 is 1.33 bits per heavy atom. The third-order valence-corrected chi connectivity index (χ3v) is 3.43. The molecule has 15 heavy (non-hydrogen) atoms. The minimum absolute atomic E-state index is 0.684. The summed E-state index contributed by atoms with van der Waals surface area (Å²) in [5, 5.41) is 0. The number of nitrogens with two attached hydrogens (primary N) is 1. The van der Waals surface area contributed by atoms with Gasteiger partial charge in [-0.05, 0) is 37.4 Å². The summed E-state index contributed by atoms with van der Waals surface area (Å²) >= 11 is 0. The van der Waals surface area contributed by atoms with Gasteiger partial charge in [0.25, 0.3) is 0 Å². The number of hydrogen-bond acceptors (Lipinski definition) is 2. The number of fused-ring (bicyclic) bond motifs is 1. The van der Waals surface area contributed by atoms with E-state index in [0.717, 1.165) is 13.1 Å². The van der Waals surface area contributed by atoms with Gasteiger partial charge in [0.15, 0.2) is 0 Å². The summed E-state index contributed by atoms with van der Waals surface area (Å²) in [6, 6.07) is 9.49. The van der Waals surface area contributed by atoms with Crippen LogP contribution in [0.3, 0.4) is 0 Å². The zero-order valence-electron chi connectivity index (χ0n) is 9.45. The Balaban J connectivity index is 2.05. The summed E-state index contributed by atoms with van der Waals surface area (Å²) < 4.78 is 0. The molecule has 2 heteroatoms. The molecule has 1 aromatic carbocycles. The Bertz CT molecular complexity index is 322. The van der Waals surface area contributed by atoms with Crippen LogP contribution < -0.4 is 5.73 Å². The second kappa shape index (κ2) is 4.77. The average molecular weight is 204 g/mol. The zero-order valence-corrected chi connectivity index (χ0v) is 9.45. The minimum Gasteiger partial charge on any atom is -0.329 e. The van der Waals surface area contributed by atoms with Crippen LogP contribution in [-0.2, 0) is 12.8 Å². The van der Waals surface area contributed by atoms with Crippen molar-refractivity contribution in [3.8, 4) is 0 Å². The molecule has 1 unspecified atom stereocenters. The van der Waals surface area contributed by atoms with Crippen LogP contribution in [0.5, 0.6) is 0 Å². The first-order valence-electron chi connectivity index (χ1n) is 5.78. The summed E-state index contributed by atoms with van der Waals surface area (Å²) in [5.74, 6) is 0. The Morgan fingerprint density at radius 2 is 2.07 bits per heavy atom. The molecule has 0 radical (unpaired) electrons. The molecule has 0 saturated carbocycles. The predicted octanol–water partition coefficient (Wildman–Crippen LogP) is 1.43. The fraction of sp³-hybridized carbons (Fsp3) is 0.538. The maximum atomic E-state index is 5.59. The van der Waals surface area contributed by atoms with E-state index in [1.54, 1.807) is 0 Å². The van der Waals surface area contributed by atoms with Gasteiger partial charge in [-0.15, -0.1) is 0 Å². The molecule has 2 nitrogen and oxygen atoms in total. The van der Waals surface area contributed by atoms with Crippen molar-refractivity contribution in [2.45, 2.75) is 25.3 Å². The van der Waals surface area contributed by atoms with Crippen molar-refractivity contribution >= 4 is 0 Å². The fourth-order valence-electron chi connectivity index (χ4n) is 2.44. The highest BCUT2D eigenvalue weighted by molar-refractivity contribution is 5.30. The molecule has 2 N–H and O–H groups in total. The van der Waals surface area contributed by atoms with Crippen molar-refractivity contribution in [1.29, 1.82) is 0 Å². The molecule has 0 saturated heterocycles. The molecule has 1 aliphatic carbocycles. The smallest absolute Gasteiger partial charge is 0.0136 e. The lowest BCUT2D eigenvalue weighted by Gasteiger charge is -2.32. The second-order valence-corrected chi connectivity index (χ2v) is 4.43. The molecule has 2 rings (SSSR count). The van der Waals surface area contributed by atoms with Crippen molar-refractivity contribution in [3.05, 3.63) is 35.4 Å². The molecular weight excluding hydrogens is 184 g/mol. The number of aryl methyl sites for hydroxylation is 1. The van der Waals surface area contributed by atoms with Crippen LogP contribution in [0, 0.1) is 0 Å². The van der Waals surface area contributed by atoms with Crippen LogP contribution in [0.4, 0.5) is 0 Å². The van der Waals surface area contributed by atoms with Crippen LogP contribution in [0.25, 0.3) is 0 Å². The summed E-state index contributed by atoms with van der Waals surface area (Å²) in [4.78, 5) is 2.40. The number of nitrogens with zero attached hydrogens (tertiary/aromatic N) is 1. The van der Waals surface area contributed by atoms with E-state index < -0.39 is 0 Å². The molecule has 0 bridgehead atoms. The van der Waals surface area contributed by atoms with Gasteiger partial charge < -0.3 is 10.6 Å².